The van der Waals surface area contributed by atoms with Crippen molar-refractivity contribution >= 4 is 23.2 Å². The summed E-state index contributed by atoms with van der Waals surface area (Å²) >= 11 is 1.43. The molecule has 1 aliphatic heterocycles. The Bertz CT molecular complexity index is 1030. The first-order chi connectivity index (χ1) is 14.5. The first-order valence-electron chi connectivity index (χ1n) is 9.89. The van der Waals surface area contributed by atoms with Gasteiger partial charge in [0.05, 0.1) is 4.88 Å². The SMILES string of the molecule is Cn1ccnc1C(NC(=O)C1CCN(C(=O)c2cccs2)CC1)c1cccc(F)c1. The van der Waals surface area contributed by atoms with Gasteiger partial charge in [0.1, 0.15) is 17.7 Å². The predicted molar refractivity (Wildman–Crippen MR) is 113 cm³/mol. The maximum Gasteiger partial charge on any atom is 0.263 e. The van der Waals surface area contributed by atoms with Gasteiger partial charge in [-0.15, -0.1) is 11.3 Å². The van der Waals surface area contributed by atoms with E-state index in [-0.39, 0.29) is 23.5 Å². The van der Waals surface area contributed by atoms with Crippen molar-refractivity contribution in [1.29, 1.82) is 0 Å². The number of amides is 2. The molecule has 1 aliphatic rings. The lowest BCUT2D eigenvalue weighted by Gasteiger charge is -2.32. The number of aryl methyl sites for hydroxylation is 1. The van der Waals surface area contributed by atoms with Gasteiger partial charge < -0.3 is 14.8 Å². The van der Waals surface area contributed by atoms with E-state index in [1.165, 1.54) is 23.5 Å². The van der Waals surface area contributed by atoms with E-state index in [9.17, 15) is 14.0 Å². The van der Waals surface area contributed by atoms with E-state index in [0.717, 1.165) is 4.88 Å². The Labute approximate surface area is 178 Å². The summed E-state index contributed by atoms with van der Waals surface area (Å²) in [4.78, 5) is 32.4. The molecule has 4 rings (SSSR count). The number of rotatable bonds is 5. The number of carbonyl (C=O) groups is 2. The maximum absolute atomic E-state index is 13.8. The molecule has 1 N–H and O–H groups in total. The second-order valence-corrected chi connectivity index (χ2v) is 8.38. The van der Waals surface area contributed by atoms with Crippen LogP contribution in [-0.4, -0.2) is 39.4 Å². The van der Waals surface area contributed by atoms with E-state index in [2.05, 4.69) is 10.3 Å². The van der Waals surface area contributed by atoms with Gasteiger partial charge in [-0.05, 0) is 42.0 Å². The lowest BCUT2D eigenvalue weighted by Crippen LogP contribution is -2.44. The van der Waals surface area contributed by atoms with Crippen LogP contribution in [0.3, 0.4) is 0 Å². The summed E-state index contributed by atoms with van der Waals surface area (Å²) < 4.78 is 15.6. The van der Waals surface area contributed by atoms with Crippen LogP contribution >= 0.6 is 11.3 Å². The number of nitrogens with zero attached hydrogens (tertiary/aromatic N) is 3. The fourth-order valence-electron chi connectivity index (χ4n) is 3.80. The molecule has 1 fully saturated rings. The topological polar surface area (TPSA) is 67.2 Å². The molecular formula is C22H23FN4O2S. The van der Waals surface area contributed by atoms with E-state index >= 15 is 0 Å². The molecule has 30 heavy (non-hydrogen) atoms. The molecule has 0 radical (unpaired) electrons. The number of imidazole rings is 1. The standard InChI is InChI=1S/C22H23FN4O2S/c1-26-12-9-24-20(26)19(16-4-2-5-17(23)14-16)25-21(28)15-7-10-27(11-8-15)22(29)18-6-3-13-30-18/h2-6,9,12-15,19H,7-8,10-11H2,1H3,(H,25,28). The maximum atomic E-state index is 13.8. The van der Waals surface area contributed by atoms with Gasteiger partial charge >= 0.3 is 0 Å². The van der Waals surface area contributed by atoms with Crippen molar-refractivity contribution in [1.82, 2.24) is 19.8 Å². The summed E-state index contributed by atoms with van der Waals surface area (Å²) in [6, 6.07) is 9.35. The number of halogens is 1. The fraction of sp³-hybridized carbons (Fsp3) is 0.318. The second-order valence-electron chi connectivity index (χ2n) is 7.44. The third kappa shape index (κ3) is 4.28. The molecule has 1 aromatic carbocycles. The minimum atomic E-state index is -0.543. The summed E-state index contributed by atoms with van der Waals surface area (Å²) in [6.07, 6.45) is 4.64. The van der Waals surface area contributed by atoms with Crippen LogP contribution in [0.1, 0.15) is 39.9 Å². The molecule has 1 unspecified atom stereocenters. The summed E-state index contributed by atoms with van der Waals surface area (Å²) in [5.74, 6) is -0.000632. The number of aromatic nitrogens is 2. The van der Waals surface area contributed by atoms with Crippen LogP contribution in [0.5, 0.6) is 0 Å². The van der Waals surface area contributed by atoms with Gasteiger partial charge in [-0.3, -0.25) is 9.59 Å². The van der Waals surface area contributed by atoms with Gasteiger partial charge in [0.15, 0.2) is 0 Å². The van der Waals surface area contributed by atoms with Gasteiger partial charge in [0, 0.05) is 38.4 Å². The highest BCUT2D eigenvalue weighted by Crippen LogP contribution is 2.25. The third-order valence-electron chi connectivity index (χ3n) is 5.47. The highest BCUT2D eigenvalue weighted by atomic mass is 32.1. The monoisotopic (exact) mass is 426 g/mol. The molecule has 2 aromatic heterocycles. The normalized spacial score (nSPS) is 15.7. The Hall–Kier alpha value is -3.00. The molecule has 2 amide bonds. The van der Waals surface area contributed by atoms with Crippen molar-refractivity contribution in [2.45, 2.75) is 18.9 Å². The van der Waals surface area contributed by atoms with E-state index < -0.39 is 6.04 Å². The second kappa shape index (κ2) is 8.79. The molecule has 0 aliphatic carbocycles. The van der Waals surface area contributed by atoms with Crippen molar-refractivity contribution in [3.63, 3.8) is 0 Å². The lowest BCUT2D eigenvalue weighted by molar-refractivity contribution is -0.126. The highest BCUT2D eigenvalue weighted by molar-refractivity contribution is 7.12. The van der Waals surface area contributed by atoms with Crippen LogP contribution in [-0.2, 0) is 11.8 Å². The minimum absolute atomic E-state index is 0.0227. The number of thiophene rings is 1. The molecule has 3 aromatic rings. The number of piperidine rings is 1. The van der Waals surface area contributed by atoms with Crippen molar-refractivity contribution in [2.75, 3.05) is 13.1 Å². The molecule has 1 atom stereocenters. The molecule has 0 saturated carbocycles. The predicted octanol–water partition coefficient (Wildman–Crippen LogP) is 3.38. The summed E-state index contributed by atoms with van der Waals surface area (Å²) in [5.41, 5.74) is 0.642. The molecule has 156 valence electrons. The largest absolute Gasteiger partial charge is 0.342 e. The van der Waals surface area contributed by atoms with Crippen molar-refractivity contribution in [3.8, 4) is 0 Å². The van der Waals surface area contributed by atoms with Crippen molar-refractivity contribution in [2.24, 2.45) is 13.0 Å². The van der Waals surface area contributed by atoms with Gasteiger partial charge in [-0.1, -0.05) is 18.2 Å². The number of hydrogen-bond acceptors (Lipinski definition) is 4. The van der Waals surface area contributed by atoms with E-state index in [4.69, 9.17) is 0 Å². The Morgan fingerprint density at radius 3 is 2.67 bits per heavy atom. The Balaban J connectivity index is 1.45. The van der Waals surface area contributed by atoms with Gasteiger partial charge in [-0.2, -0.15) is 0 Å². The van der Waals surface area contributed by atoms with Crippen LogP contribution in [0.25, 0.3) is 0 Å². The zero-order chi connectivity index (χ0) is 21.1. The summed E-state index contributed by atoms with van der Waals surface area (Å²) in [7, 11) is 1.84. The molecule has 8 heteroatoms. The smallest absolute Gasteiger partial charge is 0.263 e. The van der Waals surface area contributed by atoms with E-state index in [0.29, 0.717) is 37.3 Å². The average molecular weight is 427 g/mol. The molecular weight excluding hydrogens is 403 g/mol. The van der Waals surface area contributed by atoms with Gasteiger partial charge in [0.25, 0.3) is 5.91 Å². The van der Waals surface area contributed by atoms with Crippen molar-refractivity contribution < 1.29 is 14.0 Å². The van der Waals surface area contributed by atoms with Crippen LogP contribution in [0.4, 0.5) is 4.39 Å². The molecule has 0 spiro atoms. The molecule has 1 saturated heterocycles. The average Bonchev–Trinajstić information content (AvgIpc) is 3.43. The van der Waals surface area contributed by atoms with Crippen molar-refractivity contribution in [3.05, 3.63) is 76.3 Å². The first kappa shape index (κ1) is 20.3. The van der Waals surface area contributed by atoms with Gasteiger partial charge in [-0.25, -0.2) is 9.37 Å². The van der Waals surface area contributed by atoms with Gasteiger partial charge in [0.2, 0.25) is 5.91 Å². The van der Waals surface area contributed by atoms with Crippen LogP contribution in [0.15, 0.2) is 54.2 Å². The summed E-state index contributed by atoms with van der Waals surface area (Å²) in [6.45, 7) is 1.09. The Kier molecular flexibility index (Phi) is 5.94. The number of hydrogen-bond donors (Lipinski definition) is 1. The van der Waals surface area contributed by atoms with Crippen LogP contribution in [0.2, 0.25) is 0 Å². The number of nitrogens with one attached hydrogen (secondary N) is 1. The third-order valence-corrected chi connectivity index (χ3v) is 6.33. The minimum Gasteiger partial charge on any atom is -0.342 e. The van der Waals surface area contributed by atoms with E-state index in [1.54, 1.807) is 29.4 Å². The molecule has 6 nitrogen and oxygen atoms in total. The lowest BCUT2D eigenvalue weighted by atomic mass is 9.94. The quantitative estimate of drug-likeness (QED) is 0.680. The Morgan fingerprint density at radius 1 is 1.23 bits per heavy atom. The fourth-order valence-corrected chi connectivity index (χ4v) is 4.49. The Morgan fingerprint density at radius 2 is 2.03 bits per heavy atom. The molecule has 0 bridgehead atoms. The highest BCUT2D eigenvalue weighted by Gasteiger charge is 2.30. The summed E-state index contributed by atoms with van der Waals surface area (Å²) in [5, 5.41) is 4.94. The van der Waals surface area contributed by atoms with E-state index in [1.807, 2.05) is 29.1 Å². The van der Waals surface area contributed by atoms with Crippen LogP contribution in [0, 0.1) is 11.7 Å². The first-order valence-corrected chi connectivity index (χ1v) is 10.8. The molecule has 3 heterocycles. The number of likely N-dealkylation sites (tertiary alicyclic amines) is 1. The number of carbonyl (C=O) groups excluding carboxylic acids is 2. The zero-order valence-corrected chi connectivity index (χ0v) is 17.4. The van der Waals surface area contributed by atoms with Crippen LogP contribution < -0.4 is 5.32 Å². The number of benzene rings is 1. The zero-order valence-electron chi connectivity index (χ0n) is 16.6.